The second-order valence-electron chi connectivity index (χ2n) is 5.41. The highest BCUT2D eigenvalue weighted by Gasteiger charge is 2.18. The number of esters is 1. The van der Waals surface area contributed by atoms with Crippen molar-refractivity contribution in [1.82, 2.24) is 4.90 Å². The van der Waals surface area contributed by atoms with Gasteiger partial charge < -0.3 is 18.8 Å². The second kappa shape index (κ2) is 7.68. The van der Waals surface area contributed by atoms with Gasteiger partial charge in [-0.3, -0.25) is 4.79 Å². The van der Waals surface area contributed by atoms with Crippen LogP contribution in [0.1, 0.15) is 27.4 Å². The molecule has 24 heavy (non-hydrogen) atoms. The van der Waals surface area contributed by atoms with Crippen molar-refractivity contribution in [3.63, 3.8) is 0 Å². The smallest absolute Gasteiger partial charge is 0.341 e. The minimum absolute atomic E-state index is 0.0758. The molecule has 1 amide bonds. The summed E-state index contributed by atoms with van der Waals surface area (Å²) in [6, 6.07) is 9.01. The molecular formula is C18H21NO5. The zero-order chi connectivity index (χ0) is 17.7. The fraction of sp³-hybridized carbons (Fsp3) is 0.333. The summed E-state index contributed by atoms with van der Waals surface area (Å²) in [6.07, 6.45) is 0.226. The predicted octanol–water partition coefficient (Wildman–Crippen LogP) is 2.58. The normalized spacial score (nSPS) is 10.3. The van der Waals surface area contributed by atoms with Gasteiger partial charge in [-0.05, 0) is 19.1 Å². The lowest BCUT2D eigenvalue weighted by Crippen LogP contribution is -2.27. The lowest BCUT2D eigenvalue weighted by Gasteiger charge is -2.16. The van der Waals surface area contributed by atoms with E-state index in [1.54, 1.807) is 32.0 Å². The summed E-state index contributed by atoms with van der Waals surface area (Å²) >= 11 is 0. The van der Waals surface area contributed by atoms with E-state index in [-0.39, 0.29) is 18.9 Å². The van der Waals surface area contributed by atoms with Crippen LogP contribution in [0.3, 0.4) is 0 Å². The molecule has 0 bridgehead atoms. The number of likely N-dealkylation sites (N-methyl/N-ethyl adjacent to an activating group) is 1. The largest absolute Gasteiger partial charge is 0.496 e. The Morgan fingerprint density at radius 2 is 1.92 bits per heavy atom. The van der Waals surface area contributed by atoms with Crippen LogP contribution in [0.2, 0.25) is 0 Å². The summed E-state index contributed by atoms with van der Waals surface area (Å²) in [5, 5.41) is 0. The van der Waals surface area contributed by atoms with Crippen LogP contribution in [-0.4, -0.2) is 38.0 Å². The van der Waals surface area contributed by atoms with Gasteiger partial charge in [0.2, 0.25) is 5.91 Å². The van der Waals surface area contributed by atoms with E-state index in [4.69, 9.17) is 13.9 Å². The van der Waals surface area contributed by atoms with Gasteiger partial charge in [0.25, 0.3) is 0 Å². The molecule has 6 heteroatoms. The Morgan fingerprint density at radius 1 is 1.21 bits per heavy atom. The van der Waals surface area contributed by atoms with E-state index in [0.29, 0.717) is 22.8 Å². The number of methoxy groups -OCH3 is 2. The quantitative estimate of drug-likeness (QED) is 0.761. The Morgan fingerprint density at radius 3 is 2.58 bits per heavy atom. The van der Waals surface area contributed by atoms with Gasteiger partial charge in [-0.2, -0.15) is 0 Å². The van der Waals surface area contributed by atoms with Crippen LogP contribution in [0.15, 0.2) is 34.7 Å². The average molecular weight is 331 g/mol. The lowest BCUT2D eigenvalue weighted by molar-refractivity contribution is -0.129. The van der Waals surface area contributed by atoms with E-state index in [9.17, 15) is 9.59 Å². The topological polar surface area (TPSA) is 69.0 Å². The molecule has 0 atom stereocenters. The molecular weight excluding hydrogens is 310 g/mol. The van der Waals surface area contributed by atoms with Crippen LogP contribution < -0.4 is 4.74 Å². The van der Waals surface area contributed by atoms with Crippen molar-refractivity contribution in [2.45, 2.75) is 19.9 Å². The van der Waals surface area contributed by atoms with Gasteiger partial charge in [0.15, 0.2) is 0 Å². The maximum atomic E-state index is 12.4. The molecule has 1 aromatic heterocycles. The van der Waals surface area contributed by atoms with Crippen molar-refractivity contribution in [3.05, 3.63) is 53.0 Å². The predicted molar refractivity (Wildman–Crippen MR) is 88.0 cm³/mol. The van der Waals surface area contributed by atoms with Crippen LogP contribution in [0.4, 0.5) is 0 Å². The molecule has 128 valence electrons. The number of ether oxygens (including phenoxy) is 2. The average Bonchev–Trinajstić information content (AvgIpc) is 2.94. The summed E-state index contributed by atoms with van der Waals surface area (Å²) in [5.74, 6) is 1.16. The van der Waals surface area contributed by atoms with Crippen molar-refractivity contribution in [1.29, 1.82) is 0 Å². The highest BCUT2D eigenvalue weighted by molar-refractivity contribution is 5.90. The van der Waals surface area contributed by atoms with E-state index in [0.717, 1.165) is 5.56 Å². The third kappa shape index (κ3) is 3.95. The minimum Gasteiger partial charge on any atom is -0.496 e. The van der Waals surface area contributed by atoms with E-state index >= 15 is 0 Å². The SMILES string of the molecule is COC(=O)c1cc(CN(C)C(=O)Cc2ccccc2OC)oc1C. The molecule has 0 spiro atoms. The Kier molecular flexibility index (Phi) is 5.63. The highest BCUT2D eigenvalue weighted by Crippen LogP contribution is 2.20. The molecule has 0 saturated heterocycles. The lowest BCUT2D eigenvalue weighted by atomic mass is 10.1. The van der Waals surface area contributed by atoms with Crippen molar-refractivity contribution in [2.24, 2.45) is 0 Å². The number of rotatable bonds is 6. The van der Waals surface area contributed by atoms with Gasteiger partial charge in [-0.15, -0.1) is 0 Å². The van der Waals surface area contributed by atoms with Crippen LogP contribution >= 0.6 is 0 Å². The van der Waals surface area contributed by atoms with Gasteiger partial charge in [0.05, 0.1) is 27.2 Å². The molecule has 2 aromatic rings. The van der Waals surface area contributed by atoms with Crippen molar-refractivity contribution in [2.75, 3.05) is 21.3 Å². The zero-order valence-electron chi connectivity index (χ0n) is 14.3. The number of benzene rings is 1. The zero-order valence-corrected chi connectivity index (χ0v) is 14.3. The van der Waals surface area contributed by atoms with Gasteiger partial charge in [-0.25, -0.2) is 4.79 Å². The first-order valence-corrected chi connectivity index (χ1v) is 7.49. The van der Waals surface area contributed by atoms with Crippen molar-refractivity contribution >= 4 is 11.9 Å². The number of hydrogen-bond donors (Lipinski definition) is 0. The van der Waals surface area contributed by atoms with Crippen LogP contribution in [-0.2, 0) is 22.5 Å². The summed E-state index contributed by atoms with van der Waals surface area (Å²) in [5.41, 5.74) is 1.20. The number of para-hydroxylation sites is 1. The summed E-state index contributed by atoms with van der Waals surface area (Å²) in [6.45, 7) is 1.96. The Balaban J connectivity index is 2.05. The second-order valence-corrected chi connectivity index (χ2v) is 5.41. The molecule has 0 aliphatic rings. The summed E-state index contributed by atoms with van der Waals surface area (Å²) in [7, 11) is 4.58. The third-order valence-corrected chi connectivity index (χ3v) is 3.73. The fourth-order valence-corrected chi connectivity index (χ4v) is 2.40. The Labute approximate surface area is 141 Å². The fourth-order valence-electron chi connectivity index (χ4n) is 2.40. The number of hydrogen-bond acceptors (Lipinski definition) is 5. The van der Waals surface area contributed by atoms with Crippen LogP contribution in [0.25, 0.3) is 0 Å². The first kappa shape index (κ1) is 17.6. The molecule has 1 heterocycles. The molecule has 0 unspecified atom stereocenters. The molecule has 0 aliphatic heterocycles. The molecule has 0 fully saturated rings. The van der Waals surface area contributed by atoms with Crippen molar-refractivity contribution in [3.8, 4) is 5.75 Å². The monoisotopic (exact) mass is 331 g/mol. The maximum Gasteiger partial charge on any atom is 0.341 e. The maximum absolute atomic E-state index is 12.4. The van der Waals surface area contributed by atoms with Gasteiger partial charge in [0.1, 0.15) is 22.8 Å². The van der Waals surface area contributed by atoms with Crippen LogP contribution in [0.5, 0.6) is 5.75 Å². The third-order valence-electron chi connectivity index (χ3n) is 3.73. The standard InChI is InChI=1S/C18H21NO5/c1-12-15(18(21)23-4)10-14(24-12)11-19(2)17(20)9-13-7-5-6-8-16(13)22-3/h5-8,10H,9,11H2,1-4H3. The highest BCUT2D eigenvalue weighted by atomic mass is 16.5. The number of amides is 1. The number of carbonyl (C=O) groups is 2. The number of nitrogens with zero attached hydrogens (tertiary/aromatic N) is 1. The molecule has 1 aromatic carbocycles. The van der Waals surface area contributed by atoms with Crippen LogP contribution in [0, 0.1) is 6.92 Å². The molecule has 0 radical (unpaired) electrons. The summed E-state index contributed by atoms with van der Waals surface area (Å²) in [4.78, 5) is 25.6. The van der Waals surface area contributed by atoms with E-state index in [1.165, 1.54) is 7.11 Å². The van der Waals surface area contributed by atoms with E-state index in [1.807, 2.05) is 24.3 Å². The van der Waals surface area contributed by atoms with Crippen molar-refractivity contribution < 1.29 is 23.5 Å². The van der Waals surface area contributed by atoms with E-state index < -0.39 is 5.97 Å². The molecule has 6 nitrogen and oxygen atoms in total. The first-order chi connectivity index (χ1) is 11.5. The minimum atomic E-state index is -0.453. The Hall–Kier alpha value is -2.76. The molecule has 0 aliphatic carbocycles. The molecule has 0 saturated carbocycles. The molecule has 0 N–H and O–H groups in total. The number of carbonyl (C=O) groups excluding carboxylic acids is 2. The first-order valence-electron chi connectivity index (χ1n) is 7.49. The summed E-state index contributed by atoms with van der Waals surface area (Å²) < 4.78 is 15.5. The molecule has 2 rings (SSSR count). The Bertz CT molecular complexity index is 735. The van der Waals surface area contributed by atoms with Gasteiger partial charge in [-0.1, -0.05) is 18.2 Å². The number of aryl methyl sites for hydroxylation is 1. The van der Waals surface area contributed by atoms with Gasteiger partial charge in [0, 0.05) is 12.6 Å². The number of furan rings is 1. The van der Waals surface area contributed by atoms with Gasteiger partial charge >= 0.3 is 5.97 Å². The van der Waals surface area contributed by atoms with E-state index in [2.05, 4.69) is 0 Å².